The Morgan fingerprint density at radius 3 is 2.88 bits per heavy atom. The zero-order valence-corrected chi connectivity index (χ0v) is 9.70. The van der Waals surface area contributed by atoms with Crippen LogP contribution >= 0.6 is 0 Å². The molecule has 1 N–H and O–H groups in total. The van der Waals surface area contributed by atoms with Gasteiger partial charge in [0, 0.05) is 12.8 Å². The van der Waals surface area contributed by atoms with Crippen molar-refractivity contribution in [1.82, 2.24) is 0 Å². The third-order valence-electron chi connectivity index (χ3n) is 3.27. The molecule has 0 amide bonds. The molecule has 16 heavy (non-hydrogen) atoms. The third-order valence-corrected chi connectivity index (χ3v) is 3.27. The van der Waals surface area contributed by atoms with Crippen LogP contribution in [0.3, 0.4) is 0 Å². The summed E-state index contributed by atoms with van der Waals surface area (Å²) < 4.78 is 0. The van der Waals surface area contributed by atoms with Crippen LogP contribution in [-0.4, -0.2) is 17.0 Å². The van der Waals surface area contributed by atoms with E-state index in [0.717, 1.165) is 18.3 Å². The Balaban J connectivity index is 2.13. The lowest BCUT2D eigenvalue weighted by molar-refractivity contribution is -0.111. The van der Waals surface area contributed by atoms with Gasteiger partial charge in [0.2, 0.25) is 0 Å². The first kappa shape index (κ1) is 11.3. The van der Waals surface area contributed by atoms with Gasteiger partial charge in [-0.05, 0) is 42.9 Å². The molecule has 0 aliphatic heterocycles. The zero-order chi connectivity index (χ0) is 11.6. The van der Waals surface area contributed by atoms with Gasteiger partial charge in [-0.1, -0.05) is 18.2 Å². The van der Waals surface area contributed by atoms with Gasteiger partial charge in [0.25, 0.3) is 0 Å². The first-order chi connectivity index (χ1) is 7.61. The van der Waals surface area contributed by atoms with Crippen LogP contribution in [0.15, 0.2) is 18.2 Å². The highest BCUT2D eigenvalue weighted by molar-refractivity contribution is 5.51. The number of carbonyl (C=O) groups excluding carboxylic acids is 1. The average molecular weight is 218 g/mol. The van der Waals surface area contributed by atoms with Crippen LogP contribution in [0.2, 0.25) is 0 Å². The SMILES string of the molecule is CC(O)(CC=O)Cc1ccc2c(c1)CCC2. The highest BCUT2D eigenvalue weighted by atomic mass is 16.3. The van der Waals surface area contributed by atoms with E-state index in [4.69, 9.17) is 0 Å². The highest BCUT2D eigenvalue weighted by Gasteiger charge is 2.21. The molecule has 0 aromatic heterocycles. The molecular formula is C14H18O2. The molecule has 1 unspecified atom stereocenters. The van der Waals surface area contributed by atoms with Gasteiger partial charge >= 0.3 is 0 Å². The number of aliphatic hydroxyl groups is 1. The molecule has 2 rings (SSSR count). The lowest BCUT2D eigenvalue weighted by Crippen LogP contribution is -2.27. The van der Waals surface area contributed by atoms with E-state index in [9.17, 15) is 9.90 Å². The van der Waals surface area contributed by atoms with E-state index < -0.39 is 5.60 Å². The normalized spacial score (nSPS) is 17.9. The standard InChI is InChI=1S/C14H18O2/c1-14(16,7-8-15)10-11-5-6-12-3-2-4-13(12)9-11/h5-6,8-9,16H,2-4,7,10H2,1H3. The van der Waals surface area contributed by atoms with E-state index >= 15 is 0 Å². The van der Waals surface area contributed by atoms with E-state index in [1.54, 1.807) is 6.92 Å². The van der Waals surface area contributed by atoms with Crippen LogP contribution in [0.1, 0.15) is 36.5 Å². The van der Waals surface area contributed by atoms with Crippen molar-refractivity contribution in [2.24, 2.45) is 0 Å². The van der Waals surface area contributed by atoms with Gasteiger partial charge < -0.3 is 9.90 Å². The molecule has 1 aromatic carbocycles. The average Bonchev–Trinajstić information content (AvgIpc) is 2.63. The molecule has 1 aliphatic rings. The number of aryl methyl sites for hydroxylation is 2. The molecule has 0 saturated carbocycles. The second-order valence-corrected chi connectivity index (χ2v) is 5.00. The predicted octanol–water partition coefficient (Wildman–Crippen LogP) is 2.06. The van der Waals surface area contributed by atoms with Crippen LogP contribution in [0.25, 0.3) is 0 Å². The van der Waals surface area contributed by atoms with Gasteiger partial charge in [-0.3, -0.25) is 0 Å². The van der Waals surface area contributed by atoms with Crippen LogP contribution in [-0.2, 0) is 24.1 Å². The van der Waals surface area contributed by atoms with Crippen LogP contribution in [0.4, 0.5) is 0 Å². The fourth-order valence-electron chi connectivity index (χ4n) is 2.43. The smallest absolute Gasteiger partial charge is 0.122 e. The van der Waals surface area contributed by atoms with Gasteiger partial charge in [0.1, 0.15) is 6.29 Å². The van der Waals surface area contributed by atoms with Gasteiger partial charge in [-0.25, -0.2) is 0 Å². The molecular weight excluding hydrogens is 200 g/mol. The molecule has 0 saturated heterocycles. The number of aldehydes is 1. The van der Waals surface area contributed by atoms with Crippen LogP contribution < -0.4 is 0 Å². The topological polar surface area (TPSA) is 37.3 Å². The summed E-state index contributed by atoms with van der Waals surface area (Å²) in [6.07, 6.45) is 5.11. The fourth-order valence-corrected chi connectivity index (χ4v) is 2.43. The van der Waals surface area contributed by atoms with Crippen molar-refractivity contribution in [3.05, 3.63) is 34.9 Å². The van der Waals surface area contributed by atoms with Crippen molar-refractivity contribution in [2.75, 3.05) is 0 Å². The Morgan fingerprint density at radius 2 is 2.12 bits per heavy atom. The Kier molecular flexibility index (Phi) is 3.10. The van der Waals surface area contributed by atoms with Crippen molar-refractivity contribution in [3.8, 4) is 0 Å². The minimum absolute atomic E-state index is 0.198. The first-order valence-corrected chi connectivity index (χ1v) is 5.87. The fraction of sp³-hybridized carbons (Fsp3) is 0.500. The lowest BCUT2D eigenvalue weighted by atomic mass is 9.92. The monoisotopic (exact) mass is 218 g/mol. The summed E-state index contributed by atoms with van der Waals surface area (Å²) in [5.74, 6) is 0. The quantitative estimate of drug-likeness (QED) is 0.785. The number of hydrogen-bond acceptors (Lipinski definition) is 2. The molecule has 2 nitrogen and oxygen atoms in total. The molecule has 0 radical (unpaired) electrons. The molecule has 0 heterocycles. The number of benzene rings is 1. The molecule has 0 fully saturated rings. The van der Waals surface area contributed by atoms with Gasteiger partial charge in [-0.15, -0.1) is 0 Å². The van der Waals surface area contributed by atoms with Gasteiger partial charge in [0.05, 0.1) is 5.60 Å². The summed E-state index contributed by atoms with van der Waals surface area (Å²) in [6.45, 7) is 1.72. The van der Waals surface area contributed by atoms with Crippen molar-refractivity contribution in [2.45, 2.75) is 44.6 Å². The van der Waals surface area contributed by atoms with E-state index in [1.807, 2.05) is 0 Å². The molecule has 2 heteroatoms. The van der Waals surface area contributed by atoms with Crippen molar-refractivity contribution in [1.29, 1.82) is 0 Å². The number of fused-ring (bicyclic) bond motifs is 1. The third kappa shape index (κ3) is 2.50. The van der Waals surface area contributed by atoms with Crippen molar-refractivity contribution in [3.63, 3.8) is 0 Å². The summed E-state index contributed by atoms with van der Waals surface area (Å²) >= 11 is 0. The number of carbonyl (C=O) groups is 1. The summed E-state index contributed by atoms with van der Waals surface area (Å²) in [4.78, 5) is 10.4. The summed E-state index contributed by atoms with van der Waals surface area (Å²) in [5, 5.41) is 9.99. The zero-order valence-electron chi connectivity index (χ0n) is 9.70. The number of rotatable bonds is 4. The maximum absolute atomic E-state index is 10.4. The molecule has 0 spiro atoms. The first-order valence-electron chi connectivity index (χ1n) is 5.87. The number of hydrogen-bond donors (Lipinski definition) is 1. The predicted molar refractivity (Wildman–Crippen MR) is 63.5 cm³/mol. The Hall–Kier alpha value is -1.15. The Bertz CT molecular complexity index is 394. The second kappa shape index (κ2) is 4.38. The summed E-state index contributed by atoms with van der Waals surface area (Å²) in [5.41, 5.74) is 3.08. The summed E-state index contributed by atoms with van der Waals surface area (Å²) in [6, 6.07) is 6.42. The lowest BCUT2D eigenvalue weighted by Gasteiger charge is -2.20. The minimum Gasteiger partial charge on any atom is -0.389 e. The molecule has 1 aliphatic carbocycles. The largest absolute Gasteiger partial charge is 0.389 e. The van der Waals surface area contributed by atoms with Crippen molar-refractivity contribution < 1.29 is 9.90 Å². The molecule has 0 bridgehead atoms. The van der Waals surface area contributed by atoms with Crippen LogP contribution in [0.5, 0.6) is 0 Å². The van der Waals surface area contributed by atoms with E-state index in [0.29, 0.717) is 6.42 Å². The summed E-state index contributed by atoms with van der Waals surface area (Å²) in [7, 11) is 0. The molecule has 1 atom stereocenters. The maximum atomic E-state index is 10.4. The van der Waals surface area contributed by atoms with Gasteiger partial charge in [-0.2, -0.15) is 0 Å². The van der Waals surface area contributed by atoms with E-state index in [1.165, 1.54) is 24.0 Å². The van der Waals surface area contributed by atoms with Gasteiger partial charge in [0.15, 0.2) is 0 Å². The maximum Gasteiger partial charge on any atom is 0.122 e. The van der Waals surface area contributed by atoms with E-state index in [-0.39, 0.29) is 6.42 Å². The second-order valence-electron chi connectivity index (χ2n) is 5.00. The molecule has 1 aromatic rings. The Labute approximate surface area is 96.3 Å². The van der Waals surface area contributed by atoms with E-state index in [2.05, 4.69) is 18.2 Å². The van der Waals surface area contributed by atoms with Crippen LogP contribution in [0, 0.1) is 0 Å². The minimum atomic E-state index is -0.908. The Morgan fingerprint density at radius 1 is 1.38 bits per heavy atom. The highest BCUT2D eigenvalue weighted by Crippen LogP contribution is 2.25. The van der Waals surface area contributed by atoms with Crippen molar-refractivity contribution >= 4 is 6.29 Å². The molecule has 86 valence electrons.